The van der Waals surface area contributed by atoms with Crippen LogP contribution in [-0.2, 0) is 9.84 Å². The van der Waals surface area contributed by atoms with Crippen molar-refractivity contribution in [3.05, 3.63) is 46.7 Å². The van der Waals surface area contributed by atoms with Crippen molar-refractivity contribution in [3.63, 3.8) is 0 Å². The Bertz CT molecular complexity index is 657. The van der Waals surface area contributed by atoms with E-state index in [0.29, 0.717) is 17.8 Å². The third-order valence-corrected chi connectivity index (χ3v) is 7.55. The van der Waals surface area contributed by atoms with Crippen LogP contribution in [0.25, 0.3) is 0 Å². The van der Waals surface area contributed by atoms with Crippen LogP contribution in [0.15, 0.2) is 40.9 Å². The second kappa shape index (κ2) is 6.76. The molecule has 1 atom stereocenters. The van der Waals surface area contributed by atoms with Crippen LogP contribution < -0.4 is 5.32 Å². The molecule has 1 aliphatic heterocycles. The Morgan fingerprint density at radius 1 is 1.27 bits per heavy atom. The Morgan fingerprint density at radius 2 is 1.82 bits per heavy atom. The van der Waals surface area contributed by atoms with E-state index >= 15 is 0 Å². The molecule has 1 aliphatic carbocycles. The SMILES string of the molecule is CC1CS(=O)(=O)C2(CC=CC2)C(=S)N1.Fc1ccc(Br)cc1. The Balaban J connectivity index is 0.000000188. The van der Waals surface area contributed by atoms with Gasteiger partial charge >= 0.3 is 0 Å². The Kier molecular flexibility index (Phi) is 5.40. The quantitative estimate of drug-likeness (QED) is 0.530. The van der Waals surface area contributed by atoms with Gasteiger partial charge in [-0.15, -0.1) is 0 Å². The normalized spacial score (nSPS) is 24.5. The third kappa shape index (κ3) is 3.58. The summed E-state index contributed by atoms with van der Waals surface area (Å²) in [5, 5.41) is 3.08. The maximum Gasteiger partial charge on any atom is 0.165 e. The van der Waals surface area contributed by atoms with Gasteiger partial charge in [0.25, 0.3) is 0 Å². The molecule has 1 aromatic rings. The predicted octanol–water partition coefficient (Wildman–Crippen LogP) is 3.40. The lowest BCUT2D eigenvalue weighted by molar-refractivity contribution is 0.538. The molecule has 1 fully saturated rings. The summed E-state index contributed by atoms with van der Waals surface area (Å²) < 4.78 is 36.3. The largest absolute Gasteiger partial charge is 0.375 e. The van der Waals surface area contributed by atoms with Crippen molar-refractivity contribution in [3.8, 4) is 0 Å². The number of thiocarbonyl (C=S) groups is 1. The fourth-order valence-corrected chi connectivity index (χ4v) is 5.64. The standard InChI is InChI=1S/C9H13NO2S2.C6H4BrF/c1-7-6-14(11,12)9(8(13)10-7)4-2-3-5-9;7-5-1-3-6(8)4-2-5/h2-3,7H,4-6H2,1H3,(H,10,13);1-4H. The smallest absolute Gasteiger partial charge is 0.165 e. The van der Waals surface area contributed by atoms with E-state index in [-0.39, 0.29) is 17.6 Å². The first-order valence-corrected chi connectivity index (χ1v) is 9.71. The van der Waals surface area contributed by atoms with Crippen LogP contribution in [0, 0.1) is 5.82 Å². The van der Waals surface area contributed by atoms with Crippen LogP contribution in [-0.4, -0.2) is 29.9 Å². The zero-order valence-corrected chi connectivity index (χ0v) is 15.3. The molecule has 3 nitrogen and oxygen atoms in total. The summed E-state index contributed by atoms with van der Waals surface area (Å²) in [6.07, 6.45) is 4.88. The van der Waals surface area contributed by atoms with Crippen molar-refractivity contribution in [2.75, 3.05) is 5.75 Å². The fourth-order valence-electron chi connectivity index (χ4n) is 2.53. The zero-order chi connectivity index (χ0) is 16.4. The summed E-state index contributed by atoms with van der Waals surface area (Å²) >= 11 is 8.35. The number of benzene rings is 1. The van der Waals surface area contributed by atoms with Gasteiger partial charge in [-0.25, -0.2) is 12.8 Å². The van der Waals surface area contributed by atoms with Crippen molar-refractivity contribution in [1.82, 2.24) is 5.32 Å². The second-order valence-electron chi connectivity index (χ2n) is 5.47. The van der Waals surface area contributed by atoms with E-state index in [2.05, 4.69) is 21.2 Å². The van der Waals surface area contributed by atoms with Crippen LogP contribution in [0.4, 0.5) is 4.39 Å². The van der Waals surface area contributed by atoms with Gasteiger partial charge in [0.1, 0.15) is 10.6 Å². The molecule has 22 heavy (non-hydrogen) atoms. The predicted molar refractivity (Wildman–Crippen MR) is 94.2 cm³/mol. The van der Waals surface area contributed by atoms with E-state index in [1.54, 1.807) is 12.1 Å². The van der Waals surface area contributed by atoms with Gasteiger partial charge in [-0.1, -0.05) is 40.3 Å². The van der Waals surface area contributed by atoms with Gasteiger partial charge in [0, 0.05) is 10.5 Å². The van der Waals surface area contributed by atoms with Crippen LogP contribution in [0.3, 0.4) is 0 Å². The van der Waals surface area contributed by atoms with Crippen molar-refractivity contribution < 1.29 is 12.8 Å². The lowest BCUT2D eigenvalue weighted by Gasteiger charge is -2.37. The van der Waals surface area contributed by atoms with Gasteiger partial charge < -0.3 is 5.32 Å². The van der Waals surface area contributed by atoms with Gasteiger partial charge in [0.2, 0.25) is 0 Å². The molecule has 1 spiro atoms. The number of rotatable bonds is 0. The maximum atomic E-state index is 12.1. The molecule has 1 aromatic carbocycles. The summed E-state index contributed by atoms with van der Waals surface area (Å²) in [4.78, 5) is 0.501. The highest BCUT2D eigenvalue weighted by molar-refractivity contribution is 9.10. The monoisotopic (exact) mass is 405 g/mol. The number of sulfone groups is 1. The van der Waals surface area contributed by atoms with Crippen LogP contribution in [0.5, 0.6) is 0 Å². The minimum absolute atomic E-state index is 0.0567. The number of allylic oxidation sites excluding steroid dienone is 2. The minimum Gasteiger partial charge on any atom is -0.375 e. The van der Waals surface area contributed by atoms with Gasteiger partial charge in [-0.05, 0) is 44.0 Å². The number of halogens is 2. The number of nitrogens with one attached hydrogen (secondary N) is 1. The molecule has 1 unspecified atom stereocenters. The van der Waals surface area contributed by atoms with Crippen LogP contribution in [0.2, 0.25) is 0 Å². The number of hydrogen-bond acceptors (Lipinski definition) is 3. The summed E-state index contributed by atoms with van der Waals surface area (Å²) in [6.45, 7) is 1.85. The molecule has 120 valence electrons. The first kappa shape index (κ1) is 17.6. The first-order chi connectivity index (χ1) is 10.3. The molecule has 3 rings (SSSR count). The lowest BCUT2D eigenvalue weighted by atomic mass is 10.1. The molecular weight excluding hydrogens is 389 g/mol. The molecular formula is C15H17BrFNO2S2. The average molecular weight is 406 g/mol. The Labute approximate surface area is 144 Å². The van der Waals surface area contributed by atoms with E-state index in [4.69, 9.17) is 12.2 Å². The Hall–Kier alpha value is -0.790. The zero-order valence-electron chi connectivity index (χ0n) is 12.1. The lowest BCUT2D eigenvalue weighted by Crippen LogP contribution is -2.60. The van der Waals surface area contributed by atoms with E-state index in [9.17, 15) is 12.8 Å². The summed E-state index contributed by atoms with van der Waals surface area (Å²) in [5.41, 5.74) is 0. The topological polar surface area (TPSA) is 46.2 Å². The van der Waals surface area contributed by atoms with E-state index in [1.165, 1.54) is 12.1 Å². The molecule has 7 heteroatoms. The minimum atomic E-state index is -3.09. The second-order valence-corrected chi connectivity index (χ2v) is 9.13. The summed E-state index contributed by atoms with van der Waals surface area (Å²) in [5.74, 6) is -0.0114. The molecule has 1 N–H and O–H groups in total. The van der Waals surface area contributed by atoms with Gasteiger partial charge in [0.15, 0.2) is 9.84 Å². The van der Waals surface area contributed by atoms with Crippen LogP contribution in [0.1, 0.15) is 19.8 Å². The summed E-state index contributed by atoms with van der Waals surface area (Å²) in [7, 11) is -3.09. The molecule has 0 saturated carbocycles. The van der Waals surface area contributed by atoms with Gasteiger partial charge in [-0.3, -0.25) is 0 Å². The molecule has 1 saturated heterocycles. The van der Waals surface area contributed by atoms with Crippen molar-refractivity contribution in [1.29, 1.82) is 0 Å². The molecule has 1 heterocycles. The highest BCUT2D eigenvalue weighted by Gasteiger charge is 2.51. The highest BCUT2D eigenvalue weighted by Crippen LogP contribution is 2.36. The van der Waals surface area contributed by atoms with E-state index < -0.39 is 14.6 Å². The summed E-state index contributed by atoms with van der Waals surface area (Å²) in [6, 6.07) is 6.08. The molecule has 0 aromatic heterocycles. The molecule has 2 aliphatic rings. The fraction of sp³-hybridized carbons (Fsp3) is 0.400. The molecule has 0 bridgehead atoms. The van der Waals surface area contributed by atoms with Gasteiger partial charge in [-0.2, -0.15) is 0 Å². The average Bonchev–Trinajstić information content (AvgIpc) is 2.92. The van der Waals surface area contributed by atoms with E-state index in [1.807, 2.05) is 19.1 Å². The van der Waals surface area contributed by atoms with Crippen molar-refractivity contribution in [2.45, 2.75) is 30.6 Å². The van der Waals surface area contributed by atoms with Crippen molar-refractivity contribution >= 4 is 43.0 Å². The molecule has 0 amide bonds. The maximum absolute atomic E-state index is 12.1. The highest BCUT2D eigenvalue weighted by atomic mass is 79.9. The first-order valence-electron chi connectivity index (χ1n) is 6.86. The van der Waals surface area contributed by atoms with E-state index in [0.717, 1.165) is 4.47 Å². The molecule has 0 radical (unpaired) electrons. The van der Waals surface area contributed by atoms with Crippen molar-refractivity contribution in [2.24, 2.45) is 0 Å². The third-order valence-electron chi connectivity index (χ3n) is 3.72. The van der Waals surface area contributed by atoms with Crippen LogP contribution >= 0.6 is 28.1 Å². The number of hydrogen-bond donors (Lipinski definition) is 1. The van der Waals surface area contributed by atoms with Gasteiger partial charge in [0.05, 0.1) is 10.7 Å². The Morgan fingerprint density at radius 3 is 2.27 bits per heavy atom.